The first kappa shape index (κ1) is 26.4. The van der Waals surface area contributed by atoms with Gasteiger partial charge in [0.1, 0.15) is 12.2 Å². The second-order valence-electron chi connectivity index (χ2n) is 12.3. The zero-order valence-corrected chi connectivity index (χ0v) is 22.9. The summed E-state index contributed by atoms with van der Waals surface area (Å²) < 4.78 is 57.8. The third-order valence-corrected chi connectivity index (χ3v) is 11.4. The summed E-state index contributed by atoms with van der Waals surface area (Å²) in [5, 5.41) is 12.7. The maximum atomic E-state index is 17.5. The van der Waals surface area contributed by atoms with Crippen LogP contribution in [0.4, 0.5) is 18.9 Å². The van der Waals surface area contributed by atoms with Gasteiger partial charge in [-0.15, -0.1) is 0 Å². The first-order valence-electron chi connectivity index (χ1n) is 13.6. The predicted octanol–water partition coefficient (Wildman–Crippen LogP) is 4.64. The Morgan fingerprint density at radius 1 is 1.20 bits per heavy atom. The Labute approximate surface area is 233 Å². The number of benzene rings is 1. The van der Waals surface area contributed by atoms with Crippen LogP contribution in [0.15, 0.2) is 42.0 Å². The van der Waals surface area contributed by atoms with Crippen molar-refractivity contribution >= 4 is 28.3 Å². The van der Waals surface area contributed by atoms with Crippen LogP contribution in [0.3, 0.4) is 0 Å². The Balaban J connectivity index is 1.31. The van der Waals surface area contributed by atoms with Crippen molar-refractivity contribution in [3.63, 3.8) is 0 Å². The molecule has 2 heterocycles. The van der Waals surface area contributed by atoms with Crippen LogP contribution in [-0.2, 0) is 14.4 Å². The molecule has 6 aliphatic rings. The van der Waals surface area contributed by atoms with Gasteiger partial charge in [-0.1, -0.05) is 24.8 Å². The van der Waals surface area contributed by atoms with Crippen molar-refractivity contribution in [2.45, 2.75) is 56.7 Å². The van der Waals surface area contributed by atoms with E-state index in [1.165, 1.54) is 12.2 Å². The molecular formula is C29H30F3NO6S. The first-order valence-corrected chi connectivity index (χ1v) is 14.5. The average molecular weight is 578 g/mol. The van der Waals surface area contributed by atoms with Gasteiger partial charge in [-0.3, -0.25) is 19.5 Å². The van der Waals surface area contributed by atoms with E-state index in [0.29, 0.717) is 35.4 Å². The summed E-state index contributed by atoms with van der Waals surface area (Å²) in [6.07, 6.45) is 0.582. The Morgan fingerprint density at radius 3 is 2.75 bits per heavy atom. The number of hydrogen-bond acceptors (Lipinski definition) is 8. The SMILES string of the molecule is C[C@]12C=CC(=O)C=C1[C@@H](F)C[C@H]1[C@@H]3C[C@H]4CN(c5ccc6c(c5)OCO6)O[C@@]4(C(=O)SCF)[C@@]3(C)C[C@H](O)[C@@]12F. The minimum absolute atomic E-state index is 0.0450. The minimum Gasteiger partial charge on any atom is -0.454 e. The van der Waals surface area contributed by atoms with Crippen molar-refractivity contribution < 1.29 is 42.2 Å². The lowest BCUT2D eigenvalue weighted by Gasteiger charge is -2.63. The molecule has 1 aromatic rings. The van der Waals surface area contributed by atoms with Crippen molar-refractivity contribution in [2.75, 3.05) is 24.4 Å². The highest BCUT2D eigenvalue weighted by molar-refractivity contribution is 8.13. The molecule has 4 fully saturated rings. The lowest BCUT2D eigenvalue weighted by atomic mass is 9.44. The number of fused-ring (bicyclic) bond motifs is 8. The van der Waals surface area contributed by atoms with Gasteiger partial charge in [-0.05, 0) is 62.0 Å². The second kappa shape index (κ2) is 8.51. The number of alkyl halides is 3. The molecule has 9 atom stereocenters. The van der Waals surface area contributed by atoms with E-state index in [9.17, 15) is 19.1 Å². The Hall–Kier alpha value is -2.50. The molecule has 1 aromatic carbocycles. The maximum absolute atomic E-state index is 17.5. The number of aliphatic hydroxyl groups excluding tert-OH is 1. The van der Waals surface area contributed by atoms with Gasteiger partial charge in [0.2, 0.25) is 11.9 Å². The van der Waals surface area contributed by atoms with Gasteiger partial charge in [0.25, 0.3) is 0 Å². The van der Waals surface area contributed by atoms with Gasteiger partial charge < -0.3 is 14.6 Å². The lowest BCUT2D eigenvalue weighted by molar-refractivity contribution is -0.225. The largest absolute Gasteiger partial charge is 0.454 e. The predicted molar refractivity (Wildman–Crippen MR) is 140 cm³/mol. The normalized spacial score (nSPS) is 44.5. The Morgan fingerprint density at radius 2 is 1.98 bits per heavy atom. The van der Waals surface area contributed by atoms with Crippen LogP contribution >= 0.6 is 11.8 Å². The molecule has 4 aliphatic carbocycles. The quantitative estimate of drug-likeness (QED) is 0.557. The van der Waals surface area contributed by atoms with Gasteiger partial charge in [0.15, 0.2) is 28.6 Å². The number of nitrogens with zero attached hydrogens (tertiary/aromatic N) is 1. The molecule has 7 nitrogen and oxygen atoms in total. The number of ketones is 1. The van der Waals surface area contributed by atoms with E-state index in [1.807, 2.05) is 0 Å². The molecule has 3 saturated carbocycles. The summed E-state index contributed by atoms with van der Waals surface area (Å²) in [6, 6.07) is 4.30. The highest BCUT2D eigenvalue weighted by Crippen LogP contribution is 2.73. The number of halogens is 3. The summed E-state index contributed by atoms with van der Waals surface area (Å²) in [4.78, 5) is 32.5. The van der Waals surface area contributed by atoms with Gasteiger partial charge >= 0.3 is 0 Å². The van der Waals surface area contributed by atoms with Gasteiger partial charge in [-0.25, -0.2) is 13.2 Å². The molecule has 0 amide bonds. The average Bonchev–Trinajstić information content (AvgIpc) is 3.60. The third kappa shape index (κ3) is 3.06. The van der Waals surface area contributed by atoms with Crippen LogP contribution in [0.2, 0.25) is 0 Å². The summed E-state index contributed by atoms with van der Waals surface area (Å²) in [5.74, 6) is -1.24. The van der Waals surface area contributed by atoms with Gasteiger partial charge in [-0.2, -0.15) is 0 Å². The van der Waals surface area contributed by atoms with Crippen molar-refractivity contribution in [1.82, 2.24) is 0 Å². The van der Waals surface area contributed by atoms with Crippen molar-refractivity contribution in [3.05, 3.63) is 42.0 Å². The smallest absolute Gasteiger partial charge is 0.231 e. The van der Waals surface area contributed by atoms with Crippen molar-refractivity contribution in [1.29, 1.82) is 0 Å². The number of carbonyl (C=O) groups is 2. The van der Waals surface area contributed by atoms with E-state index >= 15 is 8.78 Å². The molecule has 0 radical (unpaired) electrons. The molecular weight excluding hydrogens is 547 g/mol. The fourth-order valence-corrected chi connectivity index (χ4v) is 9.69. The second-order valence-corrected chi connectivity index (χ2v) is 13.1. The molecule has 0 bridgehead atoms. The summed E-state index contributed by atoms with van der Waals surface area (Å²) >= 11 is 0.506. The third-order valence-electron chi connectivity index (χ3n) is 10.8. The molecule has 7 rings (SSSR count). The van der Waals surface area contributed by atoms with Crippen molar-refractivity contribution in [3.8, 4) is 11.5 Å². The number of anilines is 1. The van der Waals surface area contributed by atoms with E-state index < -0.39 is 69.0 Å². The topological polar surface area (TPSA) is 85.3 Å². The van der Waals surface area contributed by atoms with Crippen LogP contribution < -0.4 is 14.5 Å². The molecule has 1 saturated heterocycles. The molecule has 40 heavy (non-hydrogen) atoms. The maximum Gasteiger partial charge on any atom is 0.231 e. The number of rotatable bonds is 3. The van der Waals surface area contributed by atoms with Crippen LogP contribution in [-0.4, -0.2) is 58.9 Å². The molecule has 1 N–H and O–H groups in total. The number of aliphatic hydroxyl groups is 1. The van der Waals surface area contributed by atoms with Crippen LogP contribution in [0, 0.1) is 28.6 Å². The number of carbonyl (C=O) groups excluding carboxylic acids is 2. The number of hydrogen-bond donors (Lipinski definition) is 1. The summed E-state index contributed by atoms with van der Waals surface area (Å²) in [7, 11) is 0. The fourth-order valence-electron chi connectivity index (χ4n) is 8.94. The van der Waals surface area contributed by atoms with Crippen LogP contribution in [0.25, 0.3) is 0 Å². The zero-order valence-electron chi connectivity index (χ0n) is 22.1. The minimum atomic E-state index is -2.27. The molecule has 11 heteroatoms. The monoisotopic (exact) mass is 577 g/mol. The number of allylic oxidation sites excluding steroid dienone is 4. The highest BCUT2D eigenvalue weighted by Gasteiger charge is 2.79. The van der Waals surface area contributed by atoms with Crippen molar-refractivity contribution in [2.24, 2.45) is 28.6 Å². The van der Waals surface area contributed by atoms with E-state index in [0.717, 1.165) is 6.08 Å². The van der Waals surface area contributed by atoms with E-state index in [-0.39, 0.29) is 31.8 Å². The van der Waals surface area contributed by atoms with E-state index in [4.69, 9.17) is 14.3 Å². The molecule has 0 spiro atoms. The Bertz CT molecular complexity index is 1370. The Kier molecular flexibility index (Phi) is 5.62. The standard InChI is InChI=1S/C29H30F3NO6S/c1-26-6-5-17(34)9-20(26)21(31)10-19-18-7-15-12-33(16-3-4-22-23(8-16)38-14-37-22)39-29(15,25(36)40-13-30)27(18,2)11-24(35)28(19,26)32/h3-6,8-9,15,18-19,21,24,35H,7,10-14H2,1-2H3/t15-,18-,19-,21-,24-,26-,27-,28-,29-/m0/s1. The summed E-state index contributed by atoms with van der Waals surface area (Å²) in [6.45, 7) is 3.69. The number of hydroxylamine groups is 1. The molecule has 2 aliphatic heterocycles. The highest BCUT2D eigenvalue weighted by atomic mass is 32.2. The number of thioether (sulfide) groups is 1. The lowest BCUT2D eigenvalue weighted by Crippen LogP contribution is -2.70. The van der Waals surface area contributed by atoms with Gasteiger partial charge in [0, 0.05) is 28.7 Å². The van der Waals surface area contributed by atoms with Crippen LogP contribution in [0.1, 0.15) is 33.1 Å². The fraction of sp³-hybridized carbons (Fsp3) is 0.586. The molecule has 214 valence electrons. The number of ether oxygens (including phenoxy) is 2. The van der Waals surface area contributed by atoms with E-state index in [1.54, 1.807) is 37.1 Å². The molecule has 0 unspecified atom stereocenters. The van der Waals surface area contributed by atoms with Gasteiger partial charge in [0.05, 0.1) is 18.3 Å². The summed E-state index contributed by atoms with van der Waals surface area (Å²) in [5.41, 5.74) is -5.81. The first-order chi connectivity index (χ1) is 19.0. The molecule has 0 aromatic heterocycles. The zero-order chi connectivity index (χ0) is 28.2. The van der Waals surface area contributed by atoms with Crippen LogP contribution in [0.5, 0.6) is 11.5 Å². The van der Waals surface area contributed by atoms with E-state index in [2.05, 4.69) is 0 Å².